The molecule has 0 atom stereocenters. The molecule has 3 rings (SSSR count). The van der Waals surface area contributed by atoms with Gasteiger partial charge in [-0.15, -0.1) is 0 Å². The van der Waals surface area contributed by atoms with E-state index in [1.807, 2.05) is 43.3 Å². The summed E-state index contributed by atoms with van der Waals surface area (Å²) >= 11 is 3.49. The molecule has 2 N–H and O–H groups in total. The first-order valence-electron chi connectivity index (χ1n) is 8.06. The van der Waals surface area contributed by atoms with E-state index in [1.54, 1.807) is 7.11 Å². The van der Waals surface area contributed by atoms with Gasteiger partial charge >= 0.3 is 0 Å². The molecule has 0 aliphatic heterocycles. The lowest BCUT2D eigenvalue weighted by Crippen LogP contribution is -2.01. The van der Waals surface area contributed by atoms with Crippen molar-refractivity contribution < 1.29 is 4.74 Å². The van der Waals surface area contributed by atoms with Gasteiger partial charge in [0.2, 0.25) is 0 Å². The number of nitriles is 1. The number of hydrogen-bond acceptors (Lipinski definition) is 4. The Hall–Kier alpha value is -2.84. The zero-order chi connectivity index (χ0) is 18.8. The number of methoxy groups -OCH3 is 1. The van der Waals surface area contributed by atoms with Crippen molar-refractivity contribution in [2.45, 2.75) is 13.8 Å². The number of ether oxygens (including phenoxy) is 1. The largest absolute Gasteiger partial charge is 0.496 e. The number of pyridine rings is 1. The van der Waals surface area contributed by atoms with Gasteiger partial charge in [-0.25, -0.2) is 4.98 Å². The maximum absolute atomic E-state index is 9.62. The zero-order valence-corrected chi connectivity index (χ0v) is 16.4. The second-order valence-corrected chi connectivity index (χ2v) is 7.01. The van der Waals surface area contributed by atoms with Crippen LogP contribution in [0.2, 0.25) is 0 Å². The Balaban J connectivity index is 2.31. The second kappa shape index (κ2) is 7.19. The summed E-state index contributed by atoms with van der Waals surface area (Å²) < 4.78 is 6.38. The minimum Gasteiger partial charge on any atom is -0.496 e. The lowest BCUT2D eigenvalue weighted by Gasteiger charge is -2.14. The van der Waals surface area contributed by atoms with Gasteiger partial charge in [0, 0.05) is 21.2 Å². The fraction of sp³-hybridized carbons (Fsp3) is 0.143. The number of halogens is 1. The maximum Gasteiger partial charge on any atom is 0.142 e. The molecule has 0 amide bonds. The highest BCUT2D eigenvalue weighted by Crippen LogP contribution is 2.38. The molecule has 26 heavy (non-hydrogen) atoms. The third-order valence-corrected chi connectivity index (χ3v) is 4.76. The number of anilines is 1. The summed E-state index contributed by atoms with van der Waals surface area (Å²) in [5, 5.41) is 9.62. The van der Waals surface area contributed by atoms with E-state index in [-0.39, 0.29) is 5.82 Å². The van der Waals surface area contributed by atoms with Crippen LogP contribution in [-0.2, 0) is 0 Å². The van der Waals surface area contributed by atoms with Crippen LogP contribution in [0.4, 0.5) is 5.82 Å². The highest BCUT2D eigenvalue weighted by atomic mass is 79.9. The molecular weight excluding hydrogens is 390 g/mol. The SMILES string of the molecule is COc1ccc(Br)cc1-c1cc(-c2ccc(C)cc2C)nc(N)c1C#N. The number of aryl methyl sites for hydroxylation is 2. The van der Waals surface area contributed by atoms with E-state index < -0.39 is 0 Å². The molecule has 4 nitrogen and oxygen atoms in total. The van der Waals surface area contributed by atoms with Crippen LogP contribution < -0.4 is 10.5 Å². The Morgan fingerprint density at radius 2 is 1.81 bits per heavy atom. The van der Waals surface area contributed by atoms with Gasteiger partial charge in [0.15, 0.2) is 0 Å². The van der Waals surface area contributed by atoms with E-state index >= 15 is 0 Å². The topological polar surface area (TPSA) is 71.9 Å². The van der Waals surface area contributed by atoms with Crippen LogP contribution in [0, 0.1) is 25.2 Å². The van der Waals surface area contributed by atoms with Crippen molar-refractivity contribution in [3.63, 3.8) is 0 Å². The van der Waals surface area contributed by atoms with Crippen molar-refractivity contribution in [3.05, 3.63) is 63.6 Å². The summed E-state index contributed by atoms with van der Waals surface area (Å²) in [5.74, 6) is 0.879. The predicted molar refractivity (Wildman–Crippen MR) is 108 cm³/mol. The summed E-state index contributed by atoms with van der Waals surface area (Å²) in [5.41, 5.74) is 12.0. The molecule has 0 aliphatic carbocycles. The van der Waals surface area contributed by atoms with Crippen LogP contribution in [0.3, 0.4) is 0 Å². The molecule has 1 heterocycles. The third-order valence-electron chi connectivity index (χ3n) is 4.27. The van der Waals surface area contributed by atoms with Crippen LogP contribution in [0.15, 0.2) is 46.9 Å². The summed E-state index contributed by atoms with van der Waals surface area (Å²) in [6, 6.07) is 15.9. The molecule has 0 saturated heterocycles. The first kappa shape index (κ1) is 18.0. The van der Waals surface area contributed by atoms with Gasteiger partial charge in [-0.05, 0) is 43.7 Å². The van der Waals surface area contributed by atoms with E-state index in [4.69, 9.17) is 10.5 Å². The molecule has 0 fully saturated rings. The summed E-state index contributed by atoms with van der Waals surface area (Å²) in [6.45, 7) is 4.09. The smallest absolute Gasteiger partial charge is 0.142 e. The number of hydrogen-bond donors (Lipinski definition) is 1. The third kappa shape index (κ3) is 3.29. The molecule has 0 aliphatic rings. The normalized spacial score (nSPS) is 10.4. The molecule has 0 bridgehead atoms. The average molecular weight is 408 g/mol. The lowest BCUT2D eigenvalue weighted by atomic mass is 9.96. The zero-order valence-electron chi connectivity index (χ0n) is 14.8. The average Bonchev–Trinajstić information content (AvgIpc) is 2.61. The molecule has 0 radical (unpaired) electrons. The van der Waals surface area contributed by atoms with Gasteiger partial charge in [-0.3, -0.25) is 0 Å². The summed E-state index contributed by atoms with van der Waals surface area (Å²) in [7, 11) is 1.61. The molecule has 5 heteroatoms. The Morgan fingerprint density at radius 3 is 2.46 bits per heavy atom. The van der Waals surface area contributed by atoms with Gasteiger partial charge in [0.25, 0.3) is 0 Å². The highest BCUT2D eigenvalue weighted by Gasteiger charge is 2.17. The second-order valence-electron chi connectivity index (χ2n) is 6.09. The van der Waals surface area contributed by atoms with Crippen molar-refractivity contribution in [2.24, 2.45) is 0 Å². The first-order valence-corrected chi connectivity index (χ1v) is 8.86. The molecular formula is C21H18BrN3O. The highest BCUT2D eigenvalue weighted by molar-refractivity contribution is 9.10. The van der Waals surface area contributed by atoms with Crippen LogP contribution in [0.5, 0.6) is 5.75 Å². The Labute approximate surface area is 161 Å². The van der Waals surface area contributed by atoms with Gasteiger partial charge in [0.1, 0.15) is 23.2 Å². The Morgan fingerprint density at radius 1 is 1.04 bits per heavy atom. The number of aromatic nitrogens is 1. The van der Waals surface area contributed by atoms with Crippen molar-refractivity contribution in [1.82, 2.24) is 4.98 Å². The molecule has 0 unspecified atom stereocenters. The standard InChI is InChI=1S/C21H18BrN3O/c1-12-4-6-15(13(2)8-12)19-10-16(18(11-23)21(24)25-19)17-9-14(22)5-7-20(17)26-3/h4-10H,1-3H3,(H2,24,25). The van der Waals surface area contributed by atoms with Gasteiger partial charge < -0.3 is 10.5 Å². The van der Waals surface area contributed by atoms with Crippen LogP contribution in [0.25, 0.3) is 22.4 Å². The number of rotatable bonds is 3. The number of benzene rings is 2. The Kier molecular flexibility index (Phi) is 4.97. The number of nitrogens with two attached hydrogens (primary N) is 1. The fourth-order valence-corrected chi connectivity index (χ4v) is 3.39. The van der Waals surface area contributed by atoms with Crippen LogP contribution in [0.1, 0.15) is 16.7 Å². The quantitative estimate of drug-likeness (QED) is 0.642. The van der Waals surface area contributed by atoms with E-state index in [0.29, 0.717) is 16.9 Å². The van der Waals surface area contributed by atoms with Crippen molar-refractivity contribution in [2.75, 3.05) is 12.8 Å². The van der Waals surface area contributed by atoms with Crippen molar-refractivity contribution >= 4 is 21.7 Å². The van der Waals surface area contributed by atoms with Crippen molar-refractivity contribution in [3.8, 4) is 34.2 Å². The molecule has 3 aromatic rings. The maximum atomic E-state index is 9.62. The predicted octanol–water partition coefficient (Wildman–Crippen LogP) is 5.26. The van der Waals surface area contributed by atoms with Gasteiger partial charge in [0.05, 0.1) is 12.8 Å². The Bertz CT molecular complexity index is 1040. The number of nitrogens with zero attached hydrogens (tertiary/aromatic N) is 2. The molecule has 1 aromatic heterocycles. The lowest BCUT2D eigenvalue weighted by molar-refractivity contribution is 0.416. The monoisotopic (exact) mass is 407 g/mol. The minimum absolute atomic E-state index is 0.210. The van der Waals surface area contributed by atoms with E-state index in [9.17, 15) is 5.26 Å². The minimum atomic E-state index is 0.210. The van der Waals surface area contributed by atoms with E-state index in [0.717, 1.165) is 26.9 Å². The fourth-order valence-electron chi connectivity index (χ4n) is 3.02. The van der Waals surface area contributed by atoms with E-state index in [1.165, 1.54) is 5.56 Å². The van der Waals surface area contributed by atoms with Crippen LogP contribution >= 0.6 is 15.9 Å². The first-order chi connectivity index (χ1) is 12.4. The molecule has 0 saturated carbocycles. The van der Waals surface area contributed by atoms with Gasteiger partial charge in [-0.1, -0.05) is 39.7 Å². The number of nitrogen functional groups attached to an aromatic ring is 1. The summed E-state index contributed by atoms with van der Waals surface area (Å²) in [6.07, 6.45) is 0. The van der Waals surface area contributed by atoms with Crippen molar-refractivity contribution in [1.29, 1.82) is 5.26 Å². The van der Waals surface area contributed by atoms with Crippen LogP contribution in [-0.4, -0.2) is 12.1 Å². The molecule has 130 valence electrons. The van der Waals surface area contributed by atoms with E-state index in [2.05, 4.69) is 40.0 Å². The molecule has 0 spiro atoms. The van der Waals surface area contributed by atoms with Gasteiger partial charge in [-0.2, -0.15) is 5.26 Å². The summed E-state index contributed by atoms with van der Waals surface area (Å²) in [4.78, 5) is 4.47. The molecule has 2 aromatic carbocycles.